The van der Waals surface area contributed by atoms with Gasteiger partial charge in [0.05, 0.1) is 77.0 Å². The summed E-state index contributed by atoms with van der Waals surface area (Å²) in [5.74, 6) is 0.457. The first kappa shape index (κ1) is 92.6. The maximum Gasteiger partial charge on any atom is 0.324 e. The van der Waals surface area contributed by atoms with Crippen LogP contribution < -0.4 is 21.3 Å². The van der Waals surface area contributed by atoms with E-state index in [1.54, 1.807) is 78.1 Å². The first-order valence-corrected chi connectivity index (χ1v) is 44.7. The highest BCUT2D eigenvalue weighted by Gasteiger charge is 2.45. The Morgan fingerprint density at radius 3 is 1.04 bits per heavy atom. The Hall–Kier alpha value is -9.14. The van der Waals surface area contributed by atoms with Crippen molar-refractivity contribution in [2.24, 2.45) is 45.3 Å². The van der Waals surface area contributed by atoms with Crippen LogP contribution in [0.25, 0.3) is 43.6 Å². The number of aromatic nitrogens is 8. The van der Waals surface area contributed by atoms with E-state index in [-0.39, 0.29) is 70.9 Å². The number of carbonyl (C=O) groups excluding carboxylic acids is 5. The monoisotopic (exact) mass is 1760 g/mol. The Labute approximate surface area is 726 Å². The number of amides is 9. The van der Waals surface area contributed by atoms with Crippen molar-refractivity contribution < 1.29 is 57.6 Å². The van der Waals surface area contributed by atoms with Gasteiger partial charge in [-0.05, 0) is 176 Å². The SMILES string of the molecule is CC(C)(C1CCN(C(=O)NC(=O)c2ccccc2)CC1)[C@H](O)c1cc(Cl)cc2cn[nH]c12.CC(C)(C1CCN(C(=O)NCCS(C)(=O)=O)CC1)[C@H](O)c1cc(Cl)cc2cn[nH]c12.CC(C)(C1CCN(C(=O)Nc2ccccc2)CC1)[C@H](O)c1cc(Cl)cc2cn[nH]c12.COCCCNC(=O)N1CCC(C(C)(C)[C@H](O)c2cc(Cl)cc3cn[nH]c23)CC1. The van der Waals surface area contributed by atoms with Gasteiger partial charge in [-0.25, -0.2) is 27.6 Å². The zero-order valence-corrected chi connectivity index (χ0v) is 74.1. The fraction of sp³-hybridized carbons (Fsp3) is 0.489. The molecule has 0 unspecified atom stereocenters. The molecular weight excluding hydrogens is 1650 g/mol. The molecule has 0 spiro atoms. The zero-order chi connectivity index (χ0) is 87.3. The van der Waals surface area contributed by atoms with Gasteiger partial charge in [-0.15, -0.1) is 0 Å². The minimum atomic E-state index is -3.11. The molecule has 4 atom stereocenters. The molecule has 0 saturated carbocycles. The number of nitrogens with one attached hydrogen (secondary N) is 8. The lowest BCUT2D eigenvalue weighted by molar-refractivity contribution is -0.0144. The number of hydrogen-bond donors (Lipinski definition) is 12. The first-order chi connectivity index (χ1) is 57.5. The number of carbonyl (C=O) groups is 5. The molecule has 0 bridgehead atoms. The van der Waals surface area contributed by atoms with Crippen LogP contribution in [0.15, 0.2) is 134 Å². The summed E-state index contributed by atoms with van der Waals surface area (Å²) in [7, 11) is -1.45. The predicted octanol–water partition coefficient (Wildman–Crippen LogP) is 16.2. The molecule has 12 N–H and O–H groups in total. The molecule has 33 heteroatoms. The van der Waals surface area contributed by atoms with Crippen molar-refractivity contribution in [2.45, 2.75) is 138 Å². The van der Waals surface area contributed by atoms with Crippen LogP contribution in [0.2, 0.25) is 20.1 Å². The summed E-state index contributed by atoms with van der Waals surface area (Å²) < 4.78 is 27.4. The number of aliphatic hydroxyl groups is 4. The van der Waals surface area contributed by atoms with Crippen LogP contribution in [0.1, 0.15) is 170 Å². The number of aromatic amines is 4. The highest BCUT2D eigenvalue weighted by atomic mass is 35.5. The number of piperidine rings is 4. The second-order valence-corrected chi connectivity index (χ2v) is 38.6. The number of para-hydroxylation sites is 1. The lowest BCUT2D eigenvalue weighted by atomic mass is 9.68. The van der Waals surface area contributed by atoms with Crippen molar-refractivity contribution >= 4 is 136 Å². The lowest BCUT2D eigenvalue weighted by Crippen LogP contribution is -2.48. The van der Waals surface area contributed by atoms with Crippen LogP contribution >= 0.6 is 46.4 Å². The third-order valence-electron chi connectivity index (χ3n) is 25.3. The van der Waals surface area contributed by atoms with Crippen LogP contribution in [0, 0.1) is 45.3 Å². The fourth-order valence-corrected chi connectivity index (χ4v) is 18.8. The number of hydrogen-bond acceptors (Lipinski definition) is 16. The molecule has 6 aromatic carbocycles. The smallest absolute Gasteiger partial charge is 0.324 e. The van der Waals surface area contributed by atoms with Gasteiger partial charge in [-0.2, -0.15) is 20.4 Å². The largest absolute Gasteiger partial charge is 0.388 e. The number of likely N-dealkylation sites (tertiary alicyclic amines) is 4. The molecule has 0 aliphatic carbocycles. The number of fused-ring (bicyclic) bond motifs is 4. The second-order valence-electron chi connectivity index (χ2n) is 34.6. The van der Waals surface area contributed by atoms with Crippen molar-refractivity contribution in [1.82, 2.24) is 76.3 Å². The fourth-order valence-electron chi connectivity index (χ4n) is 17.4. The van der Waals surface area contributed by atoms with Gasteiger partial charge in [-0.3, -0.25) is 30.5 Å². The predicted molar refractivity (Wildman–Crippen MR) is 474 cm³/mol. The first-order valence-electron chi connectivity index (χ1n) is 41.2. The van der Waals surface area contributed by atoms with Gasteiger partial charge >= 0.3 is 24.1 Å². The molecule has 4 aromatic heterocycles. The number of rotatable bonds is 21. The minimum absolute atomic E-state index is 0.0214. The van der Waals surface area contributed by atoms with Gasteiger partial charge in [-0.1, -0.05) is 138 Å². The Morgan fingerprint density at radius 2 is 0.736 bits per heavy atom. The van der Waals surface area contributed by atoms with E-state index in [4.69, 9.17) is 51.1 Å². The maximum absolute atomic E-state index is 12.6. The Kier molecular flexibility index (Phi) is 31.0. The summed E-state index contributed by atoms with van der Waals surface area (Å²) in [4.78, 5) is 69.1. The molecule has 4 fully saturated rings. The number of anilines is 1. The molecule has 28 nitrogen and oxygen atoms in total. The van der Waals surface area contributed by atoms with Crippen LogP contribution in [-0.2, 0) is 14.6 Å². The number of ether oxygens (including phenoxy) is 1. The van der Waals surface area contributed by atoms with Gasteiger partial charge in [0.25, 0.3) is 5.91 Å². The molecule has 4 saturated heterocycles. The number of sulfone groups is 1. The van der Waals surface area contributed by atoms with E-state index in [1.807, 2.05) is 110 Å². The van der Waals surface area contributed by atoms with E-state index < -0.39 is 51.0 Å². The van der Waals surface area contributed by atoms with Crippen LogP contribution in [0.4, 0.5) is 24.9 Å². The highest BCUT2D eigenvalue weighted by Crippen LogP contribution is 2.51. The Morgan fingerprint density at radius 1 is 0.446 bits per heavy atom. The number of imide groups is 1. The van der Waals surface area contributed by atoms with Crippen molar-refractivity contribution in [3.63, 3.8) is 0 Å². The van der Waals surface area contributed by atoms with E-state index in [9.17, 15) is 52.8 Å². The maximum atomic E-state index is 12.6. The molecule has 121 heavy (non-hydrogen) atoms. The van der Waals surface area contributed by atoms with E-state index in [0.29, 0.717) is 91.2 Å². The molecule has 10 aromatic rings. The van der Waals surface area contributed by atoms with Crippen LogP contribution in [-0.4, -0.2) is 210 Å². The average Bonchev–Trinajstić information content (AvgIpc) is 1.69. The van der Waals surface area contributed by atoms with E-state index in [1.165, 1.54) is 0 Å². The summed E-state index contributed by atoms with van der Waals surface area (Å²) in [6.45, 7) is 22.7. The summed E-state index contributed by atoms with van der Waals surface area (Å²) >= 11 is 25.1. The quantitative estimate of drug-likeness (QED) is 0.0297. The summed E-state index contributed by atoms with van der Waals surface area (Å²) in [5, 5.41) is 90.2. The van der Waals surface area contributed by atoms with E-state index in [0.717, 1.165) is 136 Å². The number of H-pyrrole nitrogens is 4. The standard InChI is InChI=1S/C24H27ClN4O3.C23H27ClN4O2.C21H31ClN4O3.C20H29ClN4O4S/c1-24(2,21(30)19-13-18(25)12-16-14-26-28-20(16)19)17-8-10-29(11-9-17)23(32)27-22(31)15-6-4-3-5-7-15;1-23(2,21(29)19-13-17(24)12-15-14-25-27-20(15)19)16-8-10-28(11-9-16)22(30)26-18-6-4-3-5-7-18;1-21(2,19(27)17-12-16(22)11-14-13-24-25-18(14)17)15-5-8-26(9-6-15)20(28)23-7-4-10-29-3;1-20(2,18(26)16-11-15(21)10-13-12-23-24-17(13)16)14-4-7-25(8-5-14)19(27)22-6-9-30(3,28)29/h3-7,12-14,17,21,30H,8-11H2,1-2H3,(H,26,28)(H,27,31,32);3-7,12-14,16,21,29H,8-11H2,1-2H3,(H,25,27)(H,26,30);11-13,15,19,27H,4-10H2,1-3H3,(H,23,28)(H,24,25);10-12,14,18,26H,4-9H2,1-3H3,(H,22,27)(H,23,24)/t2*21-;19-;18-/m1111/s1. The number of urea groups is 4. The van der Waals surface area contributed by atoms with Crippen molar-refractivity contribution in [3.8, 4) is 0 Å². The van der Waals surface area contributed by atoms with Gasteiger partial charge in [0.1, 0.15) is 9.84 Å². The molecular formula is C88H114Cl4N16O12S. The molecule has 652 valence electrons. The third kappa shape index (κ3) is 22.8. The Bertz CT molecular complexity index is 5290. The molecule has 9 amide bonds. The van der Waals surface area contributed by atoms with Gasteiger partial charge in [0, 0.05) is 161 Å². The van der Waals surface area contributed by atoms with Crippen molar-refractivity contribution in [1.29, 1.82) is 0 Å². The second kappa shape index (κ2) is 40.5. The Balaban J connectivity index is 0.000000158. The van der Waals surface area contributed by atoms with Crippen LogP contribution in [0.3, 0.4) is 0 Å². The van der Waals surface area contributed by atoms with Crippen molar-refractivity contribution in [3.05, 3.63) is 182 Å². The summed E-state index contributed by atoms with van der Waals surface area (Å²) in [6, 6.07) is 31.9. The average molecular weight is 1760 g/mol. The highest BCUT2D eigenvalue weighted by molar-refractivity contribution is 7.90. The molecule has 4 aliphatic rings. The summed E-state index contributed by atoms with van der Waals surface area (Å²) in [6.07, 6.45) is 12.2. The molecule has 0 radical (unpaired) electrons. The summed E-state index contributed by atoms with van der Waals surface area (Å²) in [5.41, 5.74) is 5.79. The number of halogens is 4. The van der Waals surface area contributed by atoms with Gasteiger partial charge in [0.2, 0.25) is 0 Å². The molecule has 8 heterocycles. The van der Waals surface area contributed by atoms with Gasteiger partial charge < -0.3 is 60.7 Å². The molecule has 14 rings (SSSR count). The van der Waals surface area contributed by atoms with E-state index >= 15 is 0 Å². The lowest BCUT2D eigenvalue weighted by Gasteiger charge is -2.43. The number of aliphatic hydroxyl groups excluding tert-OH is 4. The molecule has 4 aliphatic heterocycles. The third-order valence-corrected chi connectivity index (χ3v) is 27.2. The van der Waals surface area contributed by atoms with Crippen molar-refractivity contribution in [2.75, 3.05) is 96.5 Å². The topological polar surface area (TPSA) is 385 Å². The minimum Gasteiger partial charge on any atom is -0.388 e. The van der Waals surface area contributed by atoms with Crippen LogP contribution in [0.5, 0.6) is 0 Å². The number of methoxy groups -OCH3 is 1. The zero-order valence-electron chi connectivity index (χ0n) is 70.2. The number of benzene rings is 6. The number of nitrogens with zero attached hydrogens (tertiary/aromatic N) is 8. The van der Waals surface area contributed by atoms with Gasteiger partial charge in [0.15, 0.2) is 0 Å². The normalized spacial score (nSPS) is 16.7. The van der Waals surface area contributed by atoms with E-state index in [2.05, 4.69) is 89.8 Å².